The molecule has 0 bridgehead atoms. The maximum atomic E-state index is 13.0. The quantitative estimate of drug-likeness (QED) is 0.358. The van der Waals surface area contributed by atoms with Gasteiger partial charge in [0.2, 0.25) is 0 Å². The average Bonchev–Trinajstić information content (AvgIpc) is 2.84. The third-order valence-electron chi connectivity index (χ3n) is 7.44. The number of ether oxygens (including phenoxy) is 2. The van der Waals surface area contributed by atoms with Crippen molar-refractivity contribution in [1.82, 2.24) is 10.2 Å². The third kappa shape index (κ3) is 5.21. The monoisotopic (exact) mass is 490 g/mol. The van der Waals surface area contributed by atoms with Crippen molar-refractivity contribution in [3.63, 3.8) is 0 Å². The highest BCUT2D eigenvalue weighted by atomic mass is 16.6. The van der Waals surface area contributed by atoms with Gasteiger partial charge in [0.1, 0.15) is 11.4 Å². The Morgan fingerprint density at radius 3 is 2.56 bits per heavy atom. The zero-order valence-electron chi connectivity index (χ0n) is 21.0. The van der Waals surface area contributed by atoms with Crippen LogP contribution in [0.5, 0.6) is 5.75 Å². The Morgan fingerprint density at radius 2 is 1.86 bits per heavy atom. The summed E-state index contributed by atoms with van der Waals surface area (Å²) in [6, 6.07) is 16.6. The number of piperidine rings is 1. The SMILES string of the molecule is C=CCN1CCC2(c3cccc(OC(C)=O)c3)CC(NC(=O)c3ccccc3)CCC2(OC(C)=O)C1. The molecule has 190 valence electrons. The van der Waals surface area contributed by atoms with Gasteiger partial charge in [0.05, 0.1) is 0 Å². The fraction of sp³-hybridized carbons (Fsp3) is 0.414. The second-order valence-corrected chi connectivity index (χ2v) is 9.84. The van der Waals surface area contributed by atoms with Gasteiger partial charge in [-0.25, -0.2) is 0 Å². The first kappa shape index (κ1) is 25.6. The Morgan fingerprint density at radius 1 is 1.08 bits per heavy atom. The van der Waals surface area contributed by atoms with Crippen LogP contribution in [0.3, 0.4) is 0 Å². The van der Waals surface area contributed by atoms with Crippen molar-refractivity contribution in [2.24, 2.45) is 0 Å². The van der Waals surface area contributed by atoms with E-state index in [0.29, 0.717) is 43.7 Å². The van der Waals surface area contributed by atoms with Crippen molar-refractivity contribution in [2.45, 2.75) is 56.6 Å². The molecule has 2 aliphatic rings. The number of carbonyl (C=O) groups excluding carboxylic acids is 3. The van der Waals surface area contributed by atoms with E-state index in [9.17, 15) is 14.4 Å². The molecular weight excluding hydrogens is 456 g/mol. The predicted octanol–water partition coefficient (Wildman–Crippen LogP) is 4.03. The lowest BCUT2D eigenvalue weighted by molar-refractivity contribution is -0.186. The smallest absolute Gasteiger partial charge is 0.308 e. The van der Waals surface area contributed by atoms with Crippen molar-refractivity contribution in [3.8, 4) is 5.75 Å². The van der Waals surface area contributed by atoms with Crippen molar-refractivity contribution >= 4 is 17.8 Å². The first-order valence-electron chi connectivity index (χ1n) is 12.4. The van der Waals surface area contributed by atoms with Gasteiger partial charge < -0.3 is 14.8 Å². The first-order valence-corrected chi connectivity index (χ1v) is 12.4. The molecule has 7 nitrogen and oxygen atoms in total. The highest BCUT2D eigenvalue weighted by Crippen LogP contribution is 2.54. The molecule has 7 heteroatoms. The molecule has 36 heavy (non-hydrogen) atoms. The van der Waals surface area contributed by atoms with Gasteiger partial charge in [0.25, 0.3) is 5.91 Å². The van der Waals surface area contributed by atoms with Crippen molar-refractivity contribution in [1.29, 1.82) is 0 Å². The van der Waals surface area contributed by atoms with Crippen LogP contribution in [-0.2, 0) is 19.7 Å². The van der Waals surface area contributed by atoms with Crippen molar-refractivity contribution in [3.05, 3.63) is 78.4 Å². The molecule has 1 aliphatic carbocycles. The van der Waals surface area contributed by atoms with Gasteiger partial charge in [0.15, 0.2) is 0 Å². The Balaban J connectivity index is 1.74. The van der Waals surface area contributed by atoms with Gasteiger partial charge in [0, 0.05) is 44.0 Å². The lowest BCUT2D eigenvalue weighted by Crippen LogP contribution is -2.68. The average molecular weight is 491 g/mol. The standard InChI is InChI=1S/C29H34N2O5/c1-4-16-31-17-15-28(24-11-8-12-26(18-24)35-21(2)32)19-25(13-14-29(28,20-31)36-22(3)33)30-27(34)23-9-6-5-7-10-23/h4-12,18,25H,1,13-17,19-20H2,2-3H3,(H,30,34). The molecular formula is C29H34N2O5. The second-order valence-electron chi connectivity index (χ2n) is 9.84. The number of hydrogen-bond donors (Lipinski definition) is 1. The lowest BCUT2D eigenvalue weighted by Gasteiger charge is -2.59. The summed E-state index contributed by atoms with van der Waals surface area (Å²) in [5.74, 6) is -0.389. The first-order chi connectivity index (χ1) is 17.3. The Bertz CT molecular complexity index is 1130. The molecule has 1 aliphatic heterocycles. The fourth-order valence-corrected chi connectivity index (χ4v) is 6.03. The van der Waals surface area contributed by atoms with Crippen LogP contribution in [0, 0.1) is 0 Å². The summed E-state index contributed by atoms with van der Waals surface area (Å²) in [5, 5.41) is 3.22. The number of fused-ring (bicyclic) bond motifs is 1. The lowest BCUT2D eigenvalue weighted by atomic mass is 9.55. The maximum absolute atomic E-state index is 13.0. The normalized spacial score (nSPS) is 25.8. The van der Waals surface area contributed by atoms with Crippen LogP contribution >= 0.6 is 0 Å². The van der Waals surface area contributed by atoms with Crippen molar-refractivity contribution < 1.29 is 23.9 Å². The largest absolute Gasteiger partial charge is 0.457 e. The summed E-state index contributed by atoms with van der Waals surface area (Å²) >= 11 is 0. The Kier molecular flexibility index (Phi) is 7.59. The van der Waals surface area contributed by atoms with E-state index in [2.05, 4.69) is 16.8 Å². The number of esters is 2. The topological polar surface area (TPSA) is 84.9 Å². The molecule has 1 saturated carbocycles. The highest BCUT2D eigenvalue weighted by Gasteiger charge is 2.60. The number of carbonyl (C=O) groups is 3. The number of rotatable bonds is 7. The maximum Gasteiger partial charge on any atom is 0.308 e. The molecule has 1 saturated heterocycles. The minimum absolute atomic E-state index is 0.107. The summed E-state index contributed by atoms with van der Waals surface area (Å²) in [4.78, 5) is 39.4. The number of hydrogen-bond acceptors (Lipinski definition) is 6. The van der Waals surface area contributed by atoms with Gasteiger partial charge in [-0.2, -0.15) is 0 Å². The van der Waals surface area contributed by atoms with Crippen LogP contribution in [0.25, 0.3) is 0 Å². The van der Waals surface area contributed by atoms with Gasteiger partial charge >= 0.3 is 11.9 Å². The van der Waals surface area contributed by atoms with E-state index in [4.69, 9.17) is 9.47 Å². The molecule has 2 aromatic carbocycles. The van der Waals surface area contributed by atoms with Crippen LogP contribution in [0.1, 0.15) is 55.5 Å². The molecule has 0 aromatic heterocycles. The second kappa shape index (κ2) is 10.7. The van der Waals surface area contributed by atoms with E-state index < -0.39 is 17.0 Å². The molecule has 2 fully saturated rings. The van der Waals surface area contributed by atoms with Crippen molar-refractivity contribution in [2.75, 3.05) is 19.6 Å². The number of nitrogens with one attached hydrogen (secondary N) is 1. The summed E-state index contributed by atoms with van der Waals surface area (Å²) in [5.41, 5.74) is 0.197. The zero-order chi connectivity index (χ0) is 25.8. The minimum Gasteiger partial charge on any atom is -0.457 e. The molecule has 2 aromatic rings. The molecule has 1 heterocycles. The molecule has 4 rings (SSSR count). The predicted molar refractivity (Wildman–Crippen MR) is 137 cm³/mol. The van der Waals surface area contributed by atoms with Gasteiger partial charge in [-0.1, -0.05) is 36.4 Å². The minimum atomic E-state index is -0.789. The van der Waals surface area contributed by atoms with E-state index in [0.717, 1.165) is 18.5 Å². The van der Waals surface area contributed by atoms with Gasteiger partial charge in [-0.05, 0) is 62.1 Å². The van der Waals surface area contributed by atoms with E-state index in [1.165, 1.54) is 13.8 Å². The summed E-state index contributed by atoms with van der Waals surface area (Å²) in [6.45, 7) is 8.75. The number of nitrogens with zero attached hydrogens (tertiary/aromatic N) is 1. The summed E-state index contributed by atoms with van der Waals surface area (Å²) in [6.07, 6.45) is 4.46. The molecule has 3 unspecified atom stereocenters. The van der Waals surface area contributed by atoms with E-state index >= 15 is 0 Å². The summed E-state index contributed by atoms with van der Waals surface area (Å²) in [7, 11) is 0. The fourth-order valence-electron chi connectivity index (χ4n) is 6.03. The number of likely N-dealkylation sites (tertiary alicyclic amines) is 1. The summed E-state index contributed by atoms with van der Waals surface area (Å²) < 4.78 is 11.6. The van der Waals surface area contributed by atoms with Crippen LogP contribution < -0.4 is 10.1 Å². The number of benzene rings is 2. The molecule has 3 atom stereocenters. The van der Waals surface area contributed by atoms with E-state index in [1.54, 1.807) is 18.2 Å². The Labute approximate surface area is 212 Å². The molecule has 0 radical (unpaired) electrons. The molecule has 1 amide bonds. The third-order valence-corrected chi connectivity index (χ3v) is 7.44. The zero-order valence-corrected chi connectivity index (χ0v) is 21.0. The van der Waals surface area contributed by atoms with E-state index in [-0.39, 0.29) is 17.9 Å². The van der Waals surface area contributed by atoms with Crippen LogP contribution in [0.2, 0.25) is 0 Å². The van der Waals surface area contributed by atoms with Crippen LogP contribution in [0.4, 0.5) is 0 Å². The van der Waals surface area contributed by atoms with Gasteiger partial charge in [-0.15, -0.1) is 6.58 Å². The van der Waals surface area contributed by atoms with Gasteiger partial charge in [-0.3, -0.25) is 19.3 Å². The highest BCUT2D eigenvalue weighted by molar-refractivity contribution is 5.94. The molecule has 1 N–H and O–H groups in total. The van der Waals surface area contributed by atoms with Crippen LogP contribution in [0.15, 0.2) is 67.3 Å². The molecule has 0 spiro atoms. The Hall–Kier alpha value is -3.45. The number of amides is 1. The van der Waals surface area contributed by atoms with E-state index in [1.807, 2.05) is 42.5 Å². The van der Waals surface area contributed by atoms with Crippen LogP contribution in [-0.4, -0.2) is 54.0 Å².